The quantitative estimate of drug-likeness (QED) is 0.194. The van der Waals surface area contributed by atoms with E-state index >= 15 is 0 Å². The maximum atomic E-state index is 13.4. The van der Waals surface area contributed by atoms with E-state index in [1.54, 1.807) is 19.1 Å². The van der Waals surface area contributed by atoms with Crippen molar-refractivity contribution in [3.05, 3.63) is 107 Å². The summed E-state index contributed by atoms with van der Waals surface area (Å²) in [6, 6.07) is 28.5. The molecular weight excluding hydrogens is 576 g/mol. The third-order valence-electron chi connectivity index (χ3n) is 6.41. The number of hydrogen-bond acceptors (Lipinski definition) is 6. The summed E-state index contributed by atoms with van der Waals surface area (Å²) in [5, 5.41) is 14.0. The lowest BCUT2D eigenvalue weighted by atomic mass is 10.0. The Morgan fingerprint density at radius 1 is 0.872 bits per heavy atom. The van der Waals surface area contributed by atoms with Gasteiger partial charge in [-0.1, -0.05) is 64.5 Å². The average molecular weight is 600 g/mol. The van der Waals surface area contributed by atoms with Gasteiger partial charge in [-0.3, -0.25) is 0 Å². The second-order valence-electron chi connectivity index (χ2n) is 9.08. The average Bonchev–Trinajstić information content (AvgIpc) is 3.37. The summed E-state index contributed by atoms with van der Waals surface area (Å²) in [5.74, 6) is 1.16. The van der Waals surface area contributed by atoms with Gasteiger partial charge in [0.1, 0.15) is 11.5 Å². The van der Waals surface area contributed by atoms with E-state index < -0.39 is 10.0 Å². The second kappa shape index (κ2) is 10.2. The molecule has 0 radical (unpaired) electrons. The number of nitrogens with zero attached hydrogens (tertiary/aromatic N) is 3. The molecule has 0 spiro atoms. The molecule has 6 aromatic rings. The van der Waals surface area contributed by atoms with Crippen LogP contribution in [0.5, 0.6) is 0 Å². The van der Waals surface area contributed by atoms with Crippen LogP contribution in [0.25, 0.3) is 33.1 Å². The van der Waals surface area contributed by atoms with Crippen LogP contribution >= 0.6 is 15.9 Å². The number of fused-ring (bicyclic) bond motifs is 2. The number of aromatic amines is 1. The van der Waals surface area contributed by atoms with Crippen LogP contribution in [0.2, 0.25) is 0 Å². The summed E-state index contributed by atoms with van der Waals surface area (Å²) in [6.45, 7) is 1.81. The Morgan fingerprint density at radius 2 is 1.62 bits per heavy atom. The van der Waals surface area contributed by atoms with Crippen molar-refractivity contribution in [2.75, 3.05) is 5.32 Å². The number of para-hydroxylation sites is 2. The molecule has 3 N–H and O–H groups in total. The van der Waals surface area contributed by atoms with E-state index in [-0.39, 0.29) is 11.4 Å². The highest BCUT2D eigenvalue weighted by Gasteiger charge is 2.20. The normalized spacial score (nSPS) is 11.7. The van der Waals surface area contributed by atoms with E-state index in [1.165, 1.54) is 0 Å². The Kier molecular flexibility index (Phi) is 6.59. The van der Waals surface area contributed by atoms with E-state index in [1.807, 2.05) is 78.9 Å². The van der Waals surface area contributed by atoms with Gasteiger partial charge in [0.25, 0.3) is 0 Å². The van der Waals surface area contributed by atoms with E-state index in [2.05, 4.69) is 46.1 Å². The van der Waals surface area contributed by atoms with Gasteiger partial charge in [0, 0.05) is 26.5 Å². The molecular formula is C29H23BrN6O2S. The van der Waals surface area contributed by atoms with Gasteiger partial charge in [0.05, 0.1) is 22.5 Å². The van der Waals surface area contributed by atoms with E-state index in [0.717, 1.165) is 32.0 Å². The van der Waals surface area contributed by atoms with Crippen LogP contribution in [0.4, 0.5) is 11.5 Å². The minimum atomic E-state index is -3.84. The van der Waals surface area contributed by atoms with Crippen molar-refractivity contribution in [1.82, 2.24) is 24.9 Å². The molecule has 0 amide bonds. The lowest BCUT2D eigenvalue weighted by Gasteiger charge is -2.13. The van der Waals surface area contributed by atoms with Gasteiger partial charge in [-0.15, -0.1) is 10.2 Å². The minimum absolute atomic E-state index is 0.0415. The van der Waals surface area contributed by atoms with Gasteiger partial charge in [-0.05, 0) is 55.0 Å². The fourth-order valence-corrected chi connectivity index (χ4v) is 5.97. The monoisotopic (exact) mass is 598 g/mol. The van der Waals surface area contributed by atoms with Crippen molar-refractivity contribution in [2.24, 2.45) is 0 Å². The van der Waals surface area contributed by atoms with Gasteiger partial charge in [-0.25, -0.2) is 18.1 Å². The topological polar surface area (TPSA) is 113 Å². The number of H-pyrrole nitrogens is 1. The molecule has 0 unspecified atom stereocenters. The molecule has 4 aromatic carbocycles. The summed E-state index contributed by atoms with van der Waals surface area (Å²) in [7, 11) is -3.84. The molecule has 0 saturated heterocycles. The van der Waals surface area contributed by atoms with Crippen molar-refractivity contribution in [3.8, 4) is 11.3 Å². The van der Waals surface area contributed by atoms with Gasteiger partial charge < -0.3 is 10.3 Å². The third-order valence-corrected chi connectivity index (χ3v) is 8.49. The molecule has 0 atom stereocenters. The van der Waals surface area contributed by atoms with Crippen LogP contribution in [-0.2, 0) is 16.6 Å². The molecule has 0 bridgehead atoms. The molecule has 6 rings (SSSR count). The largest absolute Gasteiger partial charge is 0.341 e. The Morgan fingerprint density at radius 3 is 2.41 bits per heavy atom. The van der Waals surface area contributed by atoms with Gasteiger partial charge >= 0.3 is 0 Å². The van der Waals surface area contributed by atoms with Crippen LogP contribution in [0.3, 0.4) is 0 Å². The lowest BCUT2D eigenvalue weighted by Crippen LogP contribution is -2.24. The molecule has 0 aliphatic heterocycles. The molecule has 0 fully saturated rings. The molecule has 0 aliphatic carbocycles. The van der Waals surface area contributed by atoms with Crippen LogP contribution in [0, 0.1) is 6.92 Å². The zero-order valence-electron chi connectivity index (χ0n) is 20.8. The van der Waals surface area contributed by atoms with Crippen LogP contribution in [-0.4, -0.2) is 28.6 Å². The number of nitrogens with one attached hydrogen (secondary N) is 3. The van der Waals surface area contributed by atoms with Crippen molar-refractivity contribution in [3.63, 3.8) is 0 Å². The molecule has 194 valence electrons. The van der Waals surface area contributed by atoms with E-state index in [9.17, 15) is 8.42 Å². The number of sulfonamides is 1. The number of rotatable bonds is 7. The lowest BCUT2D eigenvalue weighted by molar-refractivity contribution is 0.579. The van der Waals surface area contributed by atoms with E-state index in [4.69, 9.17) is 0 Å². The number of hydrogen-bond donors (Lipinski definition) is 3. The van der Waals surface area contributed by atoms with Crippen molar-refractivity contribution >= 4 is 59.3 Å². The molecule has 8 nitrogen and oxygen atoms in total. The summed E-state index contributed by atoms with van der Waals surface area (Å²) >= 11 is 3.45. The number of aryl methyl sites for hydroxylation is 1. The molecule has 0 aliphatic rings. The van der Waals surface area contributed by atoms with Crippen molar-refractivity contribution in [2.45, 2.75) is 18.4 Å². The number of aromatic nitrogens is 4. The van der Waals surface area contributed by atoms with Crippen molar-refractivity contribution < 1.29 is 8.42 Å². The zero-order valence-corrected chi connectivity index (χ0v) is 23.2. The van der Waals surface area contributed by atoms with Crippen LogP contribution in [0.15, 0.2) is 100 Å². The number of imidazole rings is 1. The van der Waals surface area contributed by atoms with Crippen LogP contribution in [0.1, 0.15) is 11.4 Å². The first-order valence-electron chi connectivity index (χ1n) is 12.2. The summed E-state index contributed by atoms with van der Waals surface area (Å²) in [6.07, 6.45) is 0. The van der Waals surface area contributed by atoms with Gasteiger partial charge in [0.2, 0.25) is 10.0 Å². The SMILES string of the molecule is Cc1ccc(-c2nnc(Nc3ccc(Br)cc3)c3ccccc23)cc1S(=O)(=O)NCc1nc2ccccc2[nH]1. The second-order valence-corrected chi connectivity index (χ2v) is 11.7. The first-order valence-corrected chi connectivity index (χ1v) is 14.5. The zero-order chi connectivity index (χ0) is 27.0. The van der Waals surface area contributed by atoms with Crippen molar-refractivity contribution in [1.29, 1.82) is 0 Å². The highest BCUT2D eigenvalue weighted by atomic mass is 79.9. The first kappa shape index (κ1) is 25.2. The predicted octanol–water partition coefficient (Wildman–Crippen LogP) is 6.47. The maximum absolute atomic E-state index is 13.4. The third kappa shape index (κ3) is 5.14. The Bertz CT molecular complexity index is 1900. The van der Waals surface area contributed by atoms with Crippen LogP contribution < -0.4 is 10.0 Å². The number of halogens is 1. The number of anilines is 2. The van der Waals surface area contributed by atoms with E-state index in [0.29, 0.717) is 28.5 Å². The Hall–Kier alpha value is -4.12. The highest BCUT2D eigenvalue weighted by molar-refractivity contribution is 9.10. The molecule has 39 heavy (non-hydrogen) atoms. The van der Waals surface area contributed by atoms with Gasteiger partial charge in [-0.2, -0.15) is 0 Å². The molecule has 2 aromatic heterocycles. The fraction of sp³-hybridized carbons (Fsp3) is 0.0690. The Labute approximate surface area is 233 Å². The fourth-order valence-electron chi connectivity index (χ4n) is 4.45. The number of benzene rings is 4. The molecule has 10 heteroatoms. The Balaban J connectivity index is 1.33. The first-order chi connectivity index (χ1) is 18.9. The summed E-state index contributed by atoms with van der Waals surface area (Å²) < 4.78 is 30.4. The molecule has 2 heterocycles. The van der Waals surface area contributed by atoms with Gasteiger partial charge in [0.15, 0.2) is 5.82 Å². The molecule has 0 saturated carbocycles. The predicted molar refractivity (Wildman–Crippen MR) is 157 cm³/mol. The highest BCUT2D eigenvalue weighted by Crippen LogP contribution is 2.33. The summed E-state index contributed by atoms with van der Waals surface area (Å²) in [4.78, 5) is 7.80. The smallest absolute Gasteiger partial charge is 0.241 e. The maximum Gasteiger partial charge on any atom is 0.241 e. The standard InChI is InChI=1S/C29H23BrN6O2S/c1-18-10-11-19(16-26(18)39(37,38)31-17-27-33-24-8-4-5-9-25(24)34-27)28-22-6-2-3-7-23(22)29(36-35-28)32-21-14-12-20(30)13-15-21/h2-16,31H,17H2,1H3,(H,32,36)(H,33,34). The summed E-state index contributed by atoms with van der Waals surface area (Å²) in [5.41, 5.74) is 4.40. The minimum Gasteiger partial charge on any atom is -0.341 e.